The van der Waals surface area contributed by atoms with Crippen molar-refractivity contribution in [2.24, 2.45) is 0 Å². The molecule has 0 atom stereocenters. The Hall–Kier alpha value is -0.720. The van der Waals surface area contributed by atoms with Gasteiger partial charge in [-0.15, -0.1) is 5.10 Å². The summed E-state index contributed by atoms with van der Waals surface area (Å²) in [6.07, 6.45) is -4.40. The molecule has 0 radical (unpaired) electrons. The minimum absolute atomic E-state index is 0.0712. The van der Waals surface area contributed by atoms with Crippen LogP contribution >= 0.6 is 15.9 Å². The van der Waals surface area contributed by atoms with Gasteiger partial charge in [0.1, 0.15) is 4.60 Å². The van der Waals surface area contributed by atoms with Gasteiger partial charge in [0.2, 0.25) is 0 Å². The molecule has 0 aliphatic carbocycles. The number of halogens is 4. The van der Waals surface area contributed by atoms with Crippen LogP contribution in [0.4, 0.5) is 13.2 Å². The highest BCUT2D eigenvalue weighted by atomic mass is 79.9. The largest absolute Gasteiger partial charge is 0.435 e. The molecule has 1 rings (SSSR count). The fraction of sp³-hybridized carbons (Fsp3) is 0.500. The lowest BCUT2D eigenvalue weighted by molar-refractivity contribution is -0.143. The van der Waals surface area contributed by atoms with E-state index in [0.29, 0.717) is 4.79 Å². The summed E-state index contributed by atoms with van der Waals surface area (Å²) < 4.78 is 37.4. The molecule has 1 N–H and O–H groups in total. The number of rotatable bonds is 1. The molecule has 0 bridgehead atoms. The van der Waals surface area contributed by atoms with E-state index in [9.17, 15) is 13.2 Å². The number of hydrogen-bond acceptors (Lipinski definition) is 2. The van der Waals surface area contributed by atoms with Crippen LogP contribution in [0.2, 0.25) is 0 Å². The Morgan fingerprint density at radius 1 is 1.46 bits per heavy atom. The first-order chi connectivity index (χ1) is 5.88. The van der Waals surface area contributed by atoms with Gasteiger partial charge in [0, 0.05) is 12.6 Å². The summed E-state index contributed by atoms with van der Waals surface area (Å²) in [5.41, 5.74) is 1.60. The van der Waals surface area contributed by atoms with Crippen molar-refractivity contribution in [3.63, 3.8) is 0 Å². The predicted molar refractivity (Wildman–Crippen MR) is 45.0 cm³/mol. The highest BCUT2D eigenvalue weighted by Gasteiger charge is 2.38. The summed E-state index contributed by atoms with van der Waals surface area (Å²) in [4.78, 5) is 0.694. The van der Waals surface area contributed by atoms with Gasteiger partial charge in [0.15, 0.2) is 5.69 Å². The molecule has 0 saturated carbocycles. The molecule has 0 aromatic carbocycles. The van der Waals surface area contributed by atoms with Gasteiger partial charge in [0.05, 0.1) is 0 Å². The first-order valence-electron chi connectivity index (χ1n) is 3.38. The third kappa shape index (κ3) is 1.79. The van der Waals surface area contributed by atoms with Crippen LogP contribution in [0.15, 0.2) is 4.60 Å². The van der Waals surface area contributed by atoms with Crippen LogP contribution in [0, 0.1) is 6.92 Å². The maximum atomic E-state index is 12.4. The zero-order chi connectivity index (χ0) is 10.2. The van der Waals surface area contributed by atoms with Gasteiger partial charge in [-0.25, -0.2) is 0 Å². The Morgan fingerprint density at radius 2 is 2.00 bits per heavy atom. The van der Waals surface area contributed by atoms with Crippen LogP contribution in [-0.4, -0.2) is 16.9 Å². The Bertz CT molecular complexity index is 318. The van der Waals surface area contributed by atoms with Crippen LogP contribution in [0.3, 0.4) is 0 Å². The third-order valence-electron chi connectivity index (χ3n) is 1.54. The van der Waals surface area contributed by atoms with Crippen molar-refractivity contribution >= 4 is 15.9 Å². The Morgan fingerprint density at radius 3 is 2.31 bits per heavy atom. The van der Waals surface area contributed by atoms with Gasteiger partial charge in [-0.05, 0) is 22.9 Å². The zero-order valence-corrected chi connectivity index (χ0v) is 8.49. The van der Waals surface area contributed by atoms with Crippen molar-refractivity contribution in [1.82, 2.24) is 9.89 Å². The smallest absolute Gasteiger partial charge is 0.312 e. The third-order valence-corrected chi connectivity index (χ3v) is 2.30. The van der Waals surface area contributed by atoms with E-state index in [1.165, 1.54) is 14.0 Å². The lowest BCUT2D eigenvalue weighted by atomic mass is 10.3. The van der Waals surface area contributed by atoms with Gasteiger partial charge < -0.3 is 5.43 Å². The monoisotopic (exact) mass is 257 g/mol. The van der Waals surface area contributed by atoms with E-state index in [-0.39, 0.29) is 10.2 Å². The molecule has 3 nitrogen and oxygen atoms in total. The average molecular weight is 258 g/mol. The van der Waals surface area contributed by atoms with E-state index in [2.05, 4.69) is 26.5 Å². The van der Waals surface area contributed by atoms with Crippen LogP contribution in [0.1, 0.15) is 11.3 Å². The molecule has 0 spiro atoms. The van der Waals surface area contributed by atoms with Gasteiger partial charge >= 0.3 is 6.18 Å². The average Bonchev–Trinajstić information content (AvgIpc) is 2.26. The normalized spacial score (nSPS) is 11.8. The van der Waals surface area contributed by atoms with Gasteiger partial charge in [-0.1, -0.05) is 0 Å². The Balaban J connectivity index is 3.33. The molecule has 0 aliphatic rings. The fourth-order valence-corrected chi connectivity index (χ4v) is 1.31. The van der Waals surface area contributed by atoms with E-state index < -0.39 is 11.9 Å². The molecule has 1 aromatic rings. The number of aromatic nitrogens is 2. The number of hydrogen-bond donors (Lipinski definition) is 1. The lowest BCUT2D eigenvalue weighted by Gasteiger charge is -2.09. The van der Waals surface area contributed by atoms with Gasteiger partial charge in [-0.2, -0.15) is 18.0 Å². The summed E-state index contributed by atoms with van der Waals surface area (Å²) in [6.45, 7) is 1.35. The second-order valence-corrected chi connectivity index (χ2v) is 3.15. The minimum Gasteiger partial charge on any atom is -0.312 e. The van der Waals surface area contributed by atoms with Crippen LogP contribution in [-0.2, 0) is 6.18 Å². The number of alkyl halides is 3. The van der Waals surface area contributed by atoms with E-state index in [1.54, 1.807) is 0 Å². The van der Waals surface area contributed by atoms with Crippen molar-refractivity contribution < 1.29 is 13.2 Å². The quantitative estimate of drug-likeness (QED) is 0.836. The molecule has 0 saturated heterocycles. The zero-order valence-electron chi connectivity index (χ0n) is 6.91. The molecule has 0 unspecified atom stereocenters. The number of nitrogens with one attached hydrogen (secondary N) is 1. The van der Waals surface area contributed by atoms with E-state index in [4.69, 9.17) is 0 Å². The topological polar surface area (TPSA) is 29.9 Å². The Kier molecular flexibility index (Phi) is 2.56. The summed E-state index contributed by atoms with van der Waals surface area (Å²) in [6, 6.07) is 0. The first kappa shape index (κ1) is 10.4. The summed E-state index contributed by atoms with van der Waals surface area (Å²) in [5.74, 6) is 0. The molecule has 0 fully saturated rings. The molecule has 74 valence electrons. The first-order valence-corrected chi connectivity index (χ1v) is 4.17. The molecule has 7 heteroatoms. The lowest BCUT2D eigenvalue weighted by Crippen LogP contribution is -2.21. The van der Waals surface area contributed by atoms with Gasteiger partial charge in [-0.3, -0.25) is 0 Å². The molecule has 1 aromatic heterocycles. The van der Waals surface area contributed by atoms with Crippen molar-refractivity contribution in [3.05, 3.63) is 15.9 Å². The summed E-state index contributed by atoms with van der Waals surface area (Å²) >= 11 is 2.93. The highest BCUT2D eigenvalue weighted by Crippen LogP contribution is 2.33. The molecule has 0 amide bonds. The van der Waals surface area contributed by atoms with Crippen LogP contribution < -0.4 is 5.43 Å². The predicted octanol–water partition coefficient (Wildman–Crippen LogP) is 2.15. The second kappa shape index (κ2) is 3.21. The summed E-state index contributed by atoms with van der Waals surface area (Å²) in [5, 5.41) is 3.60. The maximum Gasteiger partial charge on any atom is 0.435 e. The van der Waals surface area contributed by atoms with Crippen molar-refractivity contribution in [1.29, 1.82) is 0 Å². The molecule has 13 heavy (non-hydrogen) atoms. The minimum atomic E-state index is -4.40. The van der Waals surface area contributed by atoms with Crippen molar-refractivity contribution in [2.45, 2.75) is 13.1 Å². The standard InChI is InChI=1S/C6H7BrF3N3/c1-3-4(6(8,9)10)13(11-2)12-5(3)7/h11H,1-2H3. The molecular weight excluding hydrogens is 251 g/mol. The van der Waals surface area contributed by atoms with E-state index in [0.717, 1.165) is 0 Å². The maximum absolute atomic E-state index is 12.4. The van der Waals surface area contributed by atoms with E-state index >= 15 is 0 Å². The van der Waals surface area contributed by atoms with Crippen molar-refractivity contribution in [2.75, 3.05) is 12.5 Å². The molecule has 1 heterocycles. The van der Waals surface area contributed by atoms with Crippen LogP contribution in [0.5, 0.6) is 0 Å². The summed E-state index contributed by atoms with van der Waals surface area (Å²) in [7, 11) is 1.37. The van der Waals surface area contributed by atoms with Crippen LogP contribution in [0.25, 0.3) is 0 Å². The highest BCUT2D eigenvalue weighted by molar-refractivity contribution is 9.10. The fourth-order valence-electron chi connectivity index (χ4n) is 0.964. The molecule has 0 aliphatic heterocycles. The Labute approximate surface area is 81.0 Å². The van der Waals surface area contributed by atoms with E-state index in [1.807, 2.05) is 0 Å². The van der Waals surface area contributed by atoms with Crippen molar-refractivity contribution in [3.8, 4) is 0 Å². The molecular formula is C6H7BrF3N3. The SMILES string of the molecule is CNn1nc(Br)c(C)c1C(F)(F)F. The second-order valence-electron chi connectivity index (χ2n) is 2.40. The number of nitrogens with zero attached hydrogens (tertiary/aromatic N) is 2. The van der Waals surface area contributed by atoms with Gasteiger partial charge in [0.25, 0.3) is 0 Å².